The van der Waals surface area contributed by atoms with E-state index in [0.717, 1.165) is 4.47 Å². The van der Waals surface area contributed by atoms with E-state index in [1.165, 1.54) is 11.8 Å². The number of amides is 2. The highest BCUT2D eigenvalue weighted by Crippen LogP contribution is 2.14. The Kier molecular flexibility index (Phi) is 7.25. The van der Waals surface area contributed by atoms with E-state index in [9.17, 15) is 9.59 Å². The van der Waals surface area contributed by atoms with Crippen LogP contribution in [0.3, 0.4) is 0 Å². The first-order valence-corrected chi connectivity index (χ1v) is 7.12. The summed E-state index contributed by atoms with van der Waals surface area (Å²) < 4.78 is 5.89. The molecular weight excluding hydrogens is 324 g/mol. The molecular formula is C14H19BrN2O3. The molecule has 1 N–H and O–H groups in total. The second kappa shape index (κ2) is 8.71. The molecule has 5 nitrogen and oxygen atoms in total. The van der Waals surface area contributed by atoms with Crippen LogP contribution in [-0.4, -0.2) is 43.5 Å². The Morgan fingerprint density at radius 1 is 1.30 bits per heavy atom. The highest BCUT2D eigenvalue weighted by Gasteiger charge is 2.13. The van der Waals surface area contributed by atoms with Gasteiger partial charge < -0.3 is 15.0 Å². The molecule has 0 bridgehead atoms. The van der Waals surface area contributed by atoms with Crippen molar-refractivity contribution in [1.82, 2.24) is 4.90 Å². The first kappa shape index (κ1) is 16.7. The molecule has 0 aliphatic rings. The third-order valence-corrected chi connectivity index (χ3v) is 3.21. The van der Waals surface area contributed by atoms with Crippen molar-refractivity contribution in [1.29, 1.82) is 0 Å². The maximum Gasteiger partial charge on any atom is 0.243 e. The van der Waals surface area contributed by atoms with E-state index in [1.807, 2.05) is 12.1 Å². The third-order valence-electron chi connectivity index (χ3n) is 2.68. The zero-order chi connectivity index (χ0) is 15.0. The summed E-state index contributed by atoms with van der Waals surface area (Å²) >= 11 is 3.33. The summed E-state index contributed by atoms with van der Waals surface area (Å²) in [7, 11) is 1.61. The monoisotopic (exact) mass is 342 g/mol. The molecule has 0 fully saturated rings. The van der Waals surface area contributed by atoms with E-state index in [4.69, 9.17) is 4.74 Å². The molecule has 0 saturated heterocycles. The Hall–Kier alpha value is -1.40. The molecule has 20 heavy (non-hydrogen) atoms. The van der Waals surface area contributed by atoms with Gasteiger partial charge in [0.2, 0.25) is 11.8 Å². The zero-order valence-electron chi connectivity index (χ0n) is 11.7. The molecule has 0 unspecified atom stereocenters. The quantitative estimate of drug-likeness (QED) is 0.773. The van der Waals surface area contributed by atoms with Gasteiger partial charge in [-0.1, -0.05) is 15.9 Å². The number of nitrogens with zero attached hydrogens (tertiary/aromatic N) is 1. The van der Waals surface area contributed by atoms with E-state index in [1.54, 1.807) is 19.2 Å². The van der Waals surface area contributed by atoms with Gasteiger partial charge in [-0.2, -0.15) is 0 Å². The highest BCUT2D eigenvalue weighted by atomic mass is 79.9. The summed E-state index contributed by atoms with van der Waals surface area (Å²) in [6.45, 7) is 2.59. The van der Waals surface area contributed by atoms with Gasteiger partial charge in [-0.05, 0) is 30.7 Å². The van der Waals surface area contributed by atoms with E-state index < -0.39 is 0 Å². The predicted octanol–water partition coefficient (Wildman–Crippen LogP) is 2.27. The third kappa shape index (κ3) is 6.16. The number of ether oxygens (including phenoxy) is 1. The Morgan fingerprint density at radius 2 is 1.95 bits per heavy atom. The van der Waals surface area contributed by atoms with Crippen LogP contribution in [0.15, 0.2) is 28.7 Å². The summed E-state index contributed by atoms with van der Waals surface area (Å²) in [5.41, 5.74) is 0.707. The van der Waals surface area contributed by atoms with Crippen LogP contribution in [0, 0.1) is 0 Å². The van der Waals surface area contributed by atoms with Crippen LogP contribution in [-0.2, 0) is 14.3 Å². The molecule has 0 spiro atoms. The van der Waals surface area contributed by atoms with Crippen molar-refractivity contribution in [2.45, 2.75) is 13.3 Å². The average Bonchev–Trinajstić information content (AvgIpc) is 2.40. The Morgan fingerprint density at radius 3 is 2.50 bits per heavy atom. The lowest BCUT2D eigenvalue weighted by molar-refractivity contribution is -0.132. The van der Waals surface area contributed by atoms with Crippen LogP contribution < -0.4 is 5.32 Å². The molecule has 0 saturated carbocycles. The van der Waals surface area contributed by atoms with Gasteiger partial charge in [0.25, 0.3) is 0 Å². The number of hydrogen-bond acceptors (Lipinski definition) is 3. The first-order chi connectivity index (χ1) is 9.52. The van der Waals surface area contributed by atoms with E-state index in [0.29, 0.717) is 25.3 Å². The fourth-order valence-corrected chi connectivity index (χ4v) is 1.92. The Balaban J connectivity index is 2.48. The number of nitrogens with one attached hydrogen (secondary N) is 1. The van der Waals surface area contributed by atoms with Crippen molar-refractivity contribution < 1.29 is 14.3 Å². The van der Waals surface area contributed by atoms with Gasteiger partial charge in [-0.15, -0.1) is 0 Å². The molecule has 1 rings (SSSR count). The summed E-state index contributed by atoms with van der Waals surface area (Å²) in [5, 5.41) is 2.76. The van der Waals surface area contributed by atoms with Gasteiger partial charge in [-0.3, -0.25) is 9.59 Å². The highest BCUT2D eigenvalue weighted by molar-refractivity contribution is 9.10. The lowest BCUT2D eigenvalue weighted by Gasteiger charge is -2.20. The van der Waals surface area contributed by atoms with E-state index >= 15 is 0 Å². The van der Waals surface area contributed by atoms with Crippen LogP contribution in [0.25, 0.3) is 0 Å². The zero-order valence-corrected chi connectivity index (χ0v) is 13.3. The van der Waals surface area contributed by atoms with Gasteiger partial charge in [0.15, 0.2) is 0 Å². The number of hydrogen-bond donors (Lipinski definition) is 1. The van der Waals surface area contributed by atoms with Gasteiger partial charge in [-0.25, -0.2) is 0 Å². The van der Waals surface area contributed by atoms with Gasteiger partial charge >= 0.3 is 0 Å². The Bertz CT molecular complexity index is 448. The minimum absolute atomic E-state index is 0.0507. The normalized spacial score (nSPS) is 10.2. The number of methoxy groups -OCH3 is 1. The standard InChI is InChI=1S/C14H19BrN2O3/c1-11(18)17(8-3-9-20-2)10-14(19)16-13-6-4-12(15)5-7-13/h4-7H,3,8-10H2,1-2H3,(H,16,19). The van der Waals surface area contributed by atoms with Crippen LogP contribution in [0.1, 0.15) is 13.3 Å². The molecule has 2 amide bonds. The minimum Gasteiger partial charge on any atom is -0.385 e. The second-order valence-corrected chi connectivity index (χ2v) is 5.26. The summed E-state index contributed by atoms with van der Waals surface area (Å²) in [6, 6.07) is 7.28. The topological polar surface area (TPSA) is 58.6 Å². The van der Waals surface area contributed by atoms with Crippen LogP contribution in [0.5, 0.6) is 0 Å². The number of halogens is 1. The van der Waals surface area contributed by atoms with Crippen molar-refractivity contribution in [3.05, 3.63) is 28.7 Å². The van der Waals surface area contributed by atoms with Crippen molar-refractivity contribution in [3.63, 3.8) is 0 Å². The molecule has 1 aromatic rings. The smallest absolute Gasteiger partial charge is 0.243 e. The number of carbonyl (C=O) groups is 2. The first-order valence-electron chi connectivity index (χ1n) is 6.33. The molecule has 0 atom stereocenters. The molecule has 0 radical (unpaired) electrons. The number of benzene rings is 1. The number of rotatable bonds is 7. The van der Waals surface area contributed by atoms with Crippen LogP contribution >= 0.6 is 15.9 Å². The summed E-state index contributed by atoms with van der Waals surface area (Å²) in [5.74, 6) is -0.327. The maximum absolute atomic E-state index is 11.9. The van der Waals surface area contributed by atoms with Crippen molar-refractivity contribution in [3.8, 4) is 0 Å². The van der Waals surface area contributed by atoms with Gasteiger partial charge in [0.1, 0.15) is 0 Å². The lowest BCUT2D eigenvalue weighted by atomic mass is 10.3. The largest absolute Gasteiger partial charge is 0.385 e. The van der Waals surface area contributed by atoms with E-state index in [2.05, 4.69) is 21.2 Å². The molecule has 6 heteroatoms. The molecule has 0 aromatic heterocycles. The summed E-state index contributed by atoms with van der Waals surface area (Å²) in [4.78, 5) is 24.9. The van der Waals surface area contributed by atoms with Crippen LogP contribution in [0.4, 0.5) is 5.69 Å². The minimum atomic E-state index is -0.208. The lowest BCUT2D eigenvalue weighted by Crippen LogP contribution is -2.37. The van der Waals surface area contributed by atoms with Crippen molar-refractivity contribution in [2.75, 3.05) is 32.1 Å². The molecule has 110 valence electrons. The van der Waals surface area contributed by atoms with Crippen molar-refractivity contribution >= 4 is 33.4 Å². The van der Waals surface area contributed by atoms with Gasteiger partial charge in [0.05, 0.1) is 6.54 Å². The SMILES string of the molecule is COCCCN(CC(=O)Nc1ccc(Br)cc1)C(C)=O. The fraction of sp³-hybridized carbons (Fsp3) is 0.429. The number of anilines is 1. The second-order valence-electron chi connectivity index (χ2n) is 4.34. The average molecular weight is 343 g/mol. The van der Waals surface area contributed by atoms with Crippen molar-refractivity contribution in [2.24, 2.45) is 0 Å². The molecule has 0 heterocycles. The molecule has 1 aromatic carbocycles. The van der Waals surface area contributed by atoms with Gasteiger partial charge in [0, 0.05) is 37.3 Å². The fourth-order valence-electron chi connectivity index (χ4n) is 1.65. The summed E-state index contributed by atoms with van der Waals surface area (Å²) in [6.07, 6.45) is 0.710. The molecule has 0 aliphatic heterocycles. The number of carbonyl (C=O) groups excluding carboxylic acids is 2. The predicted molar refractivity (Wildman–Crippen MR) is 81.5 cm³/mol. The molecule has 0 aliphatic carbocycles. The Labute approximate surface area is 127 Å². The van der Waals surface area contributed by atoms with Crippen LogP contribution in [0.2, 0.25) is 0 Å². The maximum atomic E-state index is 11.9. The van der Waals surface area contributed by atoms with E-state index in [-0.39, 0.29) is 18.4 Å².